The van der Waals surface area contributed by atoms with Gasteiger partial charge in [0.25, 0.3) is 5.91 Å². The molecule has 0 heterocycles. The van der Waals surface area contributed by atoms with Gasteiger partial charge in [0, 0.05) is 38.4 Å². The summed E-state index contributed by atoms with van der Waals surface area (Å²) in [5.41, 5.74) is 0.0903. The van der Waals surface area contributed by atoms with E-state index < -0.39 is 47.1 Å². The van der Waals surface area contributed by atoms with Crippen molar-refractivity contribution in [1.82, 2.24) is 21.3 Å². The number of rotatable bonds is 28. The van der Waals surface area contributed by atoms with E-state index in [0.29, 0.717) is 12.8 Å². The second kappa shape index (κ2) is 26.0. The Bertz CT molecular complexity index is 1300. The van der Waals surface area contributed by atoms with Crippen LogP contribution in [0.25, 0.3) is 0 Å². The van der Waals surface area contributed by atoms with E-state index in [1.54, 1.807) is 0 Å². The van der Waals surface area contributed by atoms with E-state index >= 15 is 0 Å². The van der Waals surface area contributed by atoms with Crippen LogP contribution >= 0.6 is 0 Å². The summed E-state index contributed by atoms with van der Waals surface area (Å²) in [5.74, 6) is -3.35. The maximum absolute atomic E-state index is 14.1. The zero-order valence-electron chi connectivity index (χ0n) is 32.0. The van der Waals surface area contributed by atoms with Gasteiger partial charge in [-0.25, -0.2) is 8.78 Å². The van der Waals surface area contributed by atoms with E-state index in [4.69, 9.17) is 0 Å². The average Bonchev–Trinajstić information content (AvgIpc) is 3.09. The molecule has 11 heteroatoms. The van der Waals surface area contributed by atoms with Gasteiger partial charge in [-0.05, 0) is 48.3 Å². The van der Waals surface area contributed by atoms with E-state index in [1.165, 1.54) is 0 Å². The van der Waals surface area contributed by atoms with Crippen molar-refractivity contribution >= 4 is 23.6 Å². The number of carbonyl (C=O) groups excluding carboxylic acids is 4. The number of allylic oxidation sites excluding steroid dienone is 3. The number of amides is 4. The van der Waals surface area contributed by atoms with Crippen LogP contribution in [-0.2, 0) is 25.6 Å². The first-order valence-electron chi connectivity index (χ1n) is 18.9. The fraction of sp³-hybridized carbons (Fsp3) is 0.610. The molecule has 0 bridgehead atoms. The first-order valence-corrected chi connectivity index (χ1v) is 18.9. The molecule has 3 unspecified atom stereocenters. The van der Waals surface area contributed by atoms with Crippen LogP contribution in [0.1, 0.15) is 123 Å². The smallest absolute Gasteiger partial charge is 0.251 e. The fourth-order valence-electron chi connectivity index (χ4n) is 5.65. The van der Waals surface area contributed by atoms with Crippen LogP contribution in [0.3, 0.4) is 0 Å². The van der Waals surface area contributed by atoms with Gasteiger partial charge in [-0.3, -0.25) is 19.2 Å². The van der Waals surface area contributed by atoms with Crippen molar-refractivity contribution in [3.05, 3.63) is 72.4 Å². The highest BCUT2D eigenvalue weighted by molar-refractivity contribution is 5.83. The van der Waals surface area contributed by atoms with E-state index in [9.17, 15) is 33.1 Å². The Morgan fingerprint density at radius 3 is 1.85 bits per heavy atom. The van der Waals surface area contributed by atoms with E-state index in [2.05, 4.69) is 48.3 Å². The number of hydrogen-bond donors (Lipinski definition) is 5. The van der Waals surface area contributed by atoms with Crippen LogP contribution in [0.5, 0.6) is 0 Å². The Morgan fingerprint density at radius 2 is 1.31 bits per heavy atom. The minimum atomic E-state index is -1.52. The zero-order chi connectivity index (χ0) is 38.9. The van der Waals surface area contributed by atoms with Crippen molar-refractivity contribution < 1.29 is 33.1 Å². The van der Waals surface area contributed by atoms with Crippen LogP contribution in [0.15, 0.2) is 66.8 Å². The predicted molar refractivity (Wildman–Crippen MR) is 204 cm³/mol. The van der Waals surface area contributed by atoms with Crippen molar-refractivity contribution in [2.45, 2.75) is 142 Å². The Balaban J connectivity index is 2.83. The van der Waals surface area contributed by atoms with E-state index in [0.717, 1.165) is 69.4 Å². The van der Waals surface area contributed by atoms with Crippen molar-refractivity contribution in [1.29, 1.82) is 0 Å². The molecule has 0 fully saturated rings. The average molecular weight is 731 g/mol. The Hall–Kier alpha value is -3.86. The van der Waals surface area contributed by atoms with Gasteiger partial charge in [0.2, 0.25) is 17.7 Å². The largest absolute Gasteiger partial charge is 0.381 e. The molecule has 0 aliphatic carbocycles. The van der Waals surface area contributed by atoms with Gasteiger partial charge in [-0.15, -0.1) is 0 Å². The second-order valence-corrected chi connectivity index (χ2v) is 14.5. The lowest BCUT2D eigenvalue weighted by molar-refractivity contribution is -0.132. The molecule has 5 N–H and O–H groups in total. The highest BCUT2D eigenvalue weighted by Crippen LogP contribution is 2.21. The third-order valence-electron chi connectivity index (χ3n) is 8.76. The molecule has 0 aliphatic heterocycles. The normalized spacial score (nSPS) is 13.4. The first-order chi connectivity index (χ1) is 24.7. The summed E-state index contributed by atoms with van der Waals surface area (Å²) in [6.07, 6.45) is 9.53. The Kier molecular flexibility index (Phi) is 23.1. The molecular weight excluding hydrogens is 666 g/mol. The van der Waals surface area contributed by atoms with Gasteiger partial charge in [0.1, 0.15) is 11.7 Å². The number of aliphatic hydroxyl groups excluding tert-OH is 1. The summed E-state index contributed by atoms with van der Waals surface area (Å²) >= 11 is 0. The third kappa shape index (κ3) is 21.5. The summed E-state index contributed by atoms with van der Waals surface area (Å²) in [6, 6.07) is 7.64. The molecule has 0 aliphatic rings. The molecule has 0 radical (unpaired) electrons. The van der Waals surface area contributed by atoms with Crippen LogP contribution in [0.4, 0.5) is 8.78 Å². The molecule has 1 aromatic carbocycles. The van der Waals surface area contributed by atoms with E-state index in [1.807, 2.05) is 44.2 Å². The summed E-state index contributed by atoms with van der Waals surface area (Å²) < 4.78 is 27.7. The van der Waals surface area contributed by atoms with Crippen LogP contribution < -0.4 is 21.3 Å². The monoisotopic (exact) mass is 730 g/mol. The van der Waals surface area contributed by atoms with E-state index in [-0.39, 0.29) is 56.2 Å². The minimum Gasteiger partial charge on any atom is -0.381 e. The van der Waals surface area contributed by atoms with Gasteiger partial charge < -0.3 is 26.4 Å². The van der Waals surface area contributed by atoms with Crippen molar-refractivity contribution in [3.63, 3.8) is 0 Å². The highest BCUT2D eigenvalue weighted by atomic mass is 19.1. The first kappa shape index (κ1) is 46.2. The maximum atomic E-state index is 14.1. The Morgan fingerprint density at radius 1 is 0.769 bits per heavy atom. The number of benzene rings is 1. The van der Waals surface area contributed by atoms with Crippen molar-refractivity contribution in [3.8, 4) is 0 Å². The number of halogens is 2. The van der Waals surface area contributed by atoms with Crippen molar-refractivity contribution in [2.24, 2.45) is 5.41 Å². The van der Waals surface area contributed by atoms with Gasteiger partial charge in [0.05, 0.1) is 6.04 Å². The third-order valence-corrected chi connectivity index (χ3v) is 8.76. The molecule has 0 aromatic heterocycles. The summed E-state index contributed by atoms with van der Waals surface area (Å²) in [7, 11) is 0. The molecule has 1 rings (SSSR count). The molecule has 3 atom stereocenters. The number of nitrogens with one attached hydrogen (secondary N) is 4. The van der Waals surface area contributed by atoms with Crippen molar-refractivity contribution in [2.75, 3.05) is 13.1 Å². The highest BCUT2D eigenvalue weighted by Gasteiger charge is 2.30. The molecule has 0 spiro atoms. The molecular formula is C41H64F2N4O5. The van der Waals surface area contributed by atoms with Gasteiger partial charge in [-0.1, -0.05) is 123 Å². The van der Waals surface area contributed by atoms with Gasteiger partial charge in [0.15, 0.2) is 6.10 Å². The summed E-state index contributed by atoms with van der Waals surface area (Å²) in [5, 5.41) is 22.3. The number of hydrogen-bond acceptors (Lipinski definition) is 5. The number of aliphatic hydroxyl groups is 1. The summed E-state index contributed by atoms with van der Waals surface area (Å²) in [4.78, 5) is 51.7. The molecule has 52 heavy (non-hydrogen) atoms. The number of unbranched alkanes of at least 4 members (excludes halogenated alkanes) is 8. The lowest BCUT2D eigenvalue weighted by Gasteiger charge is -2.28. The Labute approximate surface area is 310 Å². The van der Waals surface area contributed by atoms with Gasteiger partial charge >= 0.3 is 0 Å². The summed E-state index contributed by atoms with van der Waals surface area (Å²) in [6.45, 7) is 14.5. The fourth-order valence-corrected chi connectivity index (χ4v) is 5.65. The second-order valence-electron chi connectivity index (χ2n) is 14.5. The van der Waals surface area contributed by atoms with Crippen LogP contribution in [-0.4, -0.2) is 60.0 Å². The molecule has 0 saturated heterocycles. The van der Waals surface area contributed by atoms with Gasteiger partial charge in [-0.2, -0.15) is 0 Å². The molecule has 0 saturated carbocycles. The predicted octanol–water partition coefficient (Wildman–Crippen LogP) is 7.21. The SMILES string of the molecule is C=C(F)/C=C(/CC(CC(=O)NCC(C)(C)CNC(=O)C(O)C(Cc1ccccc1)NC(=O)CCCCCCC)NC(=O)CCCCCCC)C(=C)F. The lowest BCUT2D eigenvalue weighted by atomic mass is 9.92. The molecule has 292 valence electrons. The van der Waals surface area contributed by atoms with Crippen LogP contribution in [0.2, 0.25) is 0 Å². The minimum absolute atomic E-state index is 0.0952. The molecule has 4 amide bonds. The zero-order valence-corrected chi connectivity index (χ0v) is 32.0. The quantitative estimate of drug-likeness (QED) is 0.0459. The molecule has 9 nitrogen and oxygen atoms in total. The van der Waals surface area contributed by atoms with Crippen LogP contribution in [0, 0.1) is 5.41 Å². The lowest BCUT2D eigenvalue weighted by Crippen LogP contribution is -2.53. The maximum Gasteiger partial charge on any atom is 0.251 e. The topological polar surface area (TPSA) is 137 Å². The standard InChI is InChI=1S/C41H64F2N4O5/c1-7-9-11-13-18-22-36(48)46-34(26-33(31(4)43)24-30(3)42)27-38(50)44-28-41(5,6)29-45-40(52)39(51)35(25-32-20-16-15-17-21-32)47-37(49)23-19-14-12-10-8-2/h15-17,20-21,24,34-35,39,51H,3-4,7-14,18-19,22-23,25-29H2,1-2,5-6H3,(H,44,50)(H,45,52)(H,46,48)(H,47,49)/b33-24-. The molecule has 1 aromatic rings. The number of carbonyl (C=O) groups is 4.